The Labute approximate surface area is 175 Å². The number of halogens is 1. The Balaban J connectivity index is 1.62. The van der Waals surface area contributed by atoms with Crippen molar-refractivity contribution in [1.29, 1.82) is 0 Å². The van der Waals surface area contributed by atoms with Gasteiger partial charge in [-0.05, 0) is 44.4 Å². The van der Waals surface area contributed by atoms with Gasteiger partial charge in [-0.2, -0.15) is 0 Å². The molecule has 2 aliphatic rings. The summed E-state index contributed by atoms with van der Waals surface area (Å²) in [5.74, 6) is 1.31. The maximum Gasteiger partial charge on any atom is 0.191 e. The number of rotatable bonds is 8. The fraction of sp³-hybridized carbons (Fsp3) is 0.696. The van der Waals surface area contributed by atoms with E-state index < -0.39 is 0 Å². The molecule has 0 amide bonds. The van der Waals surface area contributed by atoms with E-state index in [4.69, 9.17) is 4.99 Å². The molecule has 1 aliphatic heterocycles. The van der Waals surface area contributed by atoms with Gasteiger partial charge < -0.3 is 15.5 Å². The van der Waals surface area contributed by atoms with Crippen LogP contribution in [0.25, 0.3) is 0 Å². The molecule has 1 aromatic carbocycles. The molecule has 1 saturated carbocycles. The molecular weight excluding hydrogens is 365 g/mol. The first-order valence-electron chi connectivity index (χ1n) is 11.1. The molecule has 0 radical (unpaired) electrons. The summed E-state index contributed by atoms with van der Waals surface area (Å²) in [5, 5.41) is 6.94. The van der Waals surface area contributed by atoms with Crippen molar-refractivity contribution in [2.75, 3.05) is 52.9 Å². The van der Waals surface area contributed by atoms with Crippen LogP contribution in [-0.2, 0) is 5.41 Å². The molecular formula is C23H38FN5. The van der Waals surface area contributed by atoms with Gasteiger partial charge >= 0.3 is 0 Å². The lowest BCUT2D eigenvalue weighted by atomic mass is 9.95. The highest BCUT2D eigenvalue weighted by Gasteiger charge is 2.45. The Hall–Kier alpha value is -1.66. The van der Waals surface area contributed by atoms with E-state index in [1.165, 1.54) is 0 Å². The number of piperazine rings is 1. The fourth-order valence-corrected chi connectivity index (χ4v) is 4.27. The van der Waals surface area contributed by atoms with Gasteiger partial charge in [0.1, 0.15) is 5.82 Å². The van der Waals surface area contributed by atoms with E-state index in [1.54, 1.807) is 12.1 Å². The molecule has 162 valence electrons. The topological polar surface area (TPSA) is 42.9 Å². The second kappa shape index (κ2) is 9.90. The van der Waals surface area contributed by atoms with Crippen LogP contribution in [-0.4, -0.2) is 74.7 Å². The van der Waals surface area contributed by atoms with E-state index in [0.29, 0.717) is 18.5 Å². The van der Waals surface area contributed by atoms with Gasteiger partial charge in [0.15, 0.2) is 5.96 Å². The number of guanidine groups is 1. The van der Waals surface area contributed by atoms with Gasteiger partial charge in [-0.15, -0.1) is 0 Å². The minimum absolute atomic E-state index is 0.104. The normalized spacial score (nSPS) is 21.2. The molecule has 6 heteroatoms. The summed E-state index contributed by atoms with van der Waals surface area (Å²) in [6.07, 6.45) is 2.01. The van der Waals surface area contributed by atoms with Gasteiger partial charge in [0.05, 0.1) is 6.54 Å². The molecule has 0 aromatic heterocycles. The largest absolute Gasteiger partial charge is 0.357 e. The standard InChI is InChI=1S/C23H38FN5/c1-5-25-22(26-16-21(18(2)3)29-14-12-28(4)13-15-29)27-17-23(10-11-23)19-8-6-7-9-20(19)24/h6-9,18,21H,5,10-17H2,1-4H3,(H2,25,26,27). The third kappa shape index (κ3) is 5.70. The number of nitrogens with zero attached hydrogens (tertiary/aromatic N) is 3. The molecule has 29 heavy (non-hydrogen) atoms. The molecule has 5 nitrogen and oxygen atoms in total. The van der Waals surface area contributed by atoms with Crippen molar-refractivity contribution in [2.45, 2.75) is 45.1 Å². The molecule has 1 aromatic rings. The van der Waals surface area contributed by atoms with Crippen LogP contribution in [0.2, 0.25) is 0 Å². The van der Waals surface area contributed by atoms with Crippen molar-refractivity contribution in [1.82, 2.24) is 20.4 Å². The van der Waals surface area contributed by atoms with Crippen LogP contribution in [0.4, 0.5) is 4.39 Å². The smallest absolute Gasteiger partial charge is 0.191 e. The second-order valence-corrected chi connectivity index (χ2v) is 8.99. The van der Waals surface area contributed by atoms with Crippen LogP contribution in [0.5, 0.6) is 0 Å². The summed E-state index contributed by atoms with van der Waals surface area (Å²) < 4.78 is 14.3. The summed E-state index contributed by atoms with van der Waals surface area (Å²) in [6, 6.07) is 7.64. The van der Waals surface area contributed by atoms with Gasteiger partial charge in [0.25, 0.3) is 0 Å². The summed E-state index contributed by atoms with van der Waals surface area (Å²) in [6.45, 7) is 13.5. The van der Waals surface area contributed by atoms with E-state index in [0.717, 1.165) is 63.6 Å². The zero-order chi connectivity index (χ0) is 20.9. The fourth-order valence-electron chi connectivity index (χ4n) is 4.27. The van der Waals surface area contributed by atoms with E-state index >= 15 is 0 Å². The average Bonchev–Trinajstić information content (AvgIpc) is 3.48. The molecule has 0 spiro atoms. The number of hydrogen-bond donors (Lipinski definition) is 2. The molecule has 1 aliphatic carbocycles. The number of benzene rings is 1. The van der Waals surface area contributed by atoms with Crippen molar-refractivity contribution in [2.24, 2.45) is 10.9 Å². The predicted octanol–water partition coefficient (Wildman–Crippen LogP) is 2.68. The van der Waals surface area contributed by atoms with E-state index in [2.05, 4.69) is 48.3 Å². The minimum Gasteiger partial charge on any atom is -0.357 e. The van der Waals surface area contributed by atoms with Gasteiger partial charge in [0.2, 0.25) is 0 Å². The molecule has 1 saturated heterocycles. The van der Waals surface area contributed by atoms with Crippen LogP contribution in [0.3, 0.4) is 0 Å². The molecule has 1 unspecified atom stereocenters. The highest BCUT2D eigenvalue weighted by molar-refractivity contribution is 5.79. The van der Waals surface area contributed by atoms with Gasteiger partial charge in [0, 0.05) is 50.7 Å². The third-order valence-electron chi connectivity index (χ3n) is 6.44. The minimum atomic E-state index is -0.122. The van der Waals surface area contributed by atoms with E-state index in [9.17, 15) is 4.39 Å². The zero-order valence-corrected chi connectivity index (χ0v) is 18.5. The van der Waals surface area contributed by atoms with E-state index in [-0.39, 0.29) is 11.2 Å². The maximum atomic E-state index is 14.3. The monoisotopic (exact) mass is 403 g/mol. The Kier molecular flexibility index (Phi) is 7.52. The lowest BCUT2D eigenvalue weighted by molar-refractivity contribution is 0.0900. The van der Waals surface area contributed by atoms with Crippen LogP contribution < -0.4 is 10.6 Å². The van der Waals surface area contributed by atoms with Crippen molar-refractivity contribution in [3.05, 3.63) is 35.6 Å². The number of aliphatic imine (C=N–C) groups is 1. The number of hydrogen-bond acceptors (Lipinski definition) is 3. The zero-order valence-electron chi connectivity index (χ0n) is 18.5. The Morgan fingerprint density at radius 3 is 2.41 bits per heavy atom. The van der Waals surface area contributed by atoms with Crippen LogP contribution >= 0.6 is 0 Å². The average molecular weight is 404 g/mol. The van der Waals surface area contributed by atoms with Crippen molar-refractivity contribution in [3.63, 3.8) is 0 Å². The third-order valence-corrected chi connectivity index (χ3v) is 6.44. The van der Waals surface area contributed by atoms with Crippen molar-refractivity contribution in [3.8, 4) is 0 Å². The summed E-state index contributed by atoms with van der Waals surface area (Å²) in [5.41, 5.74) is 0.694. The molecule has 1 atom stereocenters. The summed E-state index contributed by atoms with van der Waals surface area (Å²) in [4.78, 5) is 9.85. The summed E-state index contributed by atoms with van der Waals surface area (Å²) in [7, 11) is 2.19. The summed E-state index contributed by atoms with van der Waals surface area (Å²) >= 11 is 0. The SMILES string of the molecule is CCNC(=NCC1(c2ccccc2F)CC1)NCC(C(C)C)N1CCN(C)CC1. The maximum absolute atomic E-state index is 14.3. The molecule has 3 rings (SSSR count). The van der Waals surface area contributed by atoms with E-state index in [1.807, 2.05) is 12.1 Å². The van der Waals surface area contributed by atoms with Crippen LogP contribution in [0.15, 0.2) is 29.3 Å². The lowest BCUT2D eigenvalue weighted by Gasteiger charge is -2.40. The first kappa shape index (κ1) is 22.0. The van der Waals surface area contributed by atoms with Crippen molar-refractivity contribution >= 4 is 5.96 Å². The molecule has 2 fully saturated rings. The molecule has 1 heterocycles. The number of nitrogens with one attached hydrogen (secondary N) is 2. The van der Waals surface area contributed by atoms with Gasteiger partial charge in [-0.25, -0.2) is 4.39 Å². The Morgan fingerprint density at radius 1 is 1.14 bits per heavy atom. The quantitative estimate of drug-likeness (QED) is 0.517. The lowest BCUT2D eigenvalue weighted by Crippen LogP contribution is -2.55. The first-order valence-corrected chi connectivity index (χ1v) is 11.1. The highest BCUT2D eigenvalue weighted by Crippen LogP contribution is 2.49. The van der Waals surface area contributed by atoms with Crippen LogP contribution in [0.1, 0.15) is 39.2 Å². The Bertz CT molecular complexity index is 678. The highest BCUT2D eigenvalue weighted by atomic mass is 19.1. The van der Waals surface area contributed by atoms with Crippen LogP contribution in [0, 0.1) is 11.7 Å². The van der Waals surface area contributed by atoms with Gasteiger partial charge in [-0.3, -0.25) is 9.89 Å². The second-order valence-electron chi connectivity index (χ2n) is 8.99. The molecule has 0 bridgehead atoms. The first-order chi connectivity index (χ1) is 13.9. The van der Waals surface area contributed by atoms with Gasteiger partial charge in [-0.1, -0.05) is 32.0 Å². The Morgan fingerprint density at radius 2 is 1.83 bits per heavy atom. The number of likely N-dealkylation sites (N-methyl/N-ethyl adjacent to an activating group) is 1. The van der Waals surface area contributed by atoms with Crippen molar-refractivity contribution < 1.29 is 4.39 Å². The molecule has 2 N–H and O–H groups in total. The predicted molar refractivity (Wildman–Crippen MR) is 119 cm³/mol.